The molecule has 0 fully saturated rings. The molecule has 0 aliphatic carbocycles. The van der Waals surface area contributed by atoms with Crippen LogP contribution in [0.1, 0.15) is 31.4 Å². The van der Waals surface area contributed by atoms with Gasteiger partial charge in [0.05, 0.1) is 0 Å². The van der Waals surface area contributed by atoms with Gasteiger partial charge in [0, 0.05) is 17.4 Å². The van der Waals surface area contributed by atoms with Crippen molar-refractivity contribution in [1.29, 1.82) is 0 Å². The summed E-state index contributed by atoms with van der Waals surface area (Å²) in [6, 6.07) is 15.7. The minimum absolute atomic E-state index is 0.0894. The van der Waals surface area contributed by atoms with E-state index in [0.717, 1.165) is 29.8 Å². The average Bonchev–Trinajstić information content (AvgIpc) is 2.91. The number of aryl methyl sites for hydroxylation is 1. The van der Waals surface area contributed by atoms with Gasteiger partial charge in [-0.25, -0.2) is 0 Å². The van der Waals surface area contributed by atoms with Crippen LogP contribution >= 0.6 is 0 Å². The molecule has 4 nitrogen and oxygen atoms in total. The van der Waals surface area contributed by atoms with Gasteiger partial charge in [0.15, 0.2) is 0 Å². The molecule has 124 valence electrons. The third-order valence-corrected chi connectivity index (χ3v) is 4.43. The van der Waals surface area contributed by atoms with Gasteiger partial charge in [-0.1, -0.05) is 37.3 Å². The number of hydrogen-bond acceptors (Lipinski definition) is 2. The van der Waals surface area contributed by atoms with Gasteiger partial charge in [-0.05, 0) is 49.1 Å². The lowest BCUT2D eigenvalue weighted by Crippen LogP contribution is -2.37. The molecule has 24 heavy (non-hydrogen) atoms. The van der Waals surface area contributed by atoms with E-state index < -0.39 is 0 Å². The van der Waals surface area contributed by atoms with E-state index in [1.807, 2.05) is 55.5 Å². The quantitative estimate of drug-likeness (QED) is 0.875. The summed E-state index contributed by atoms with van der Waals surface area (Å²) in [5.74, 6) is -0.434. The molecule has 1 aliphatic rings. The molecule has 0 radical (unpaired) electrons. The van der Waals surface area contributed by atoms with Gasteiger partial charge >= 0.3 is 0 Å². The summed E-state index contributed by atoms with van der Waals surface area (Å²) >= 11 is 0. The first-order valence-corrected chi connectivity index (χ1v) is 8.37. The van der Waals surface area contributed by atoms with Crippen LogP contribution in [0.4, 0.5) is 11.4 Å². The first-order valence-electron chi connectivity index (χ1n) is 8.37. The van der Waals surface area contributed by atoms with Gasteiger partial charge in [0.1, 0.15) is 6.42 Å². The van der Waals surface area contributed by atoms with Crippen LogP contribution in [-0.4, -0.2) is 17.9 Å². The number of nitrogens with zero attached hydrogens (tertiary/aromatic N) is 1. The second kappa shape index (κ2) is 6.87. The fourth-order valence-corrected chi connectivity index (χ4v) is 3.20. The molecule has 2 aromatic rings. The van der Waals surface area contributed by atoms with E-state index in [4.69, 9.17) is 0 Å². The number of carbonyl (C=O) groups is 2. The maximum atomic E-state index is 12.6. The fourth-order valence-electron chi connectivity index (χ4n) is 3.20. The summed E-state index contributed by atoms with van der Waals surface area (Å²) in [6.45, 7) is 4.10. The highest BCUT2D eigenvalue weighted by atomic mass is 16.2. The molecular formula is C20H22N2O2. The number of rotatable bonds is 4. The van der Waals surface area contributed by atoms with Crippen LogP contribution in [-0.2, 0) is 22.4 Å². The minimum Gasteiger partial charge on any atom is -0.326 e. The monoisotopic (exact) mass is 322 g/mol. The summed E-state index contributed by atoms with van der Waals surface area (Å²) in [5, 5.41) is 2.80. The Labute approximate surface area is 142 Å². The van der Waals surface area contributed by atoms with Crippen molar-refractivity contribution < 1.29 is 9.59 Å². The van der Waals surface area contributed by atoms with Crippen LogP contribution in [0.5, 0.6) is 0 Å². The first kappa shape index (κ1) is 16.2. The summed E-state index contributed by atoms with van der Waals surface area (Å²) < 4.78 is 0. The van der Waals surface area contributed by atoms with E-state index >= 15 is 0 Å². The molecule has 4 heteroatoms. The Morgan fingerprint density at radius 1 is 1.12 bits per heavy atom. The summed E-state index contributed by atoms with van der Waals surface area (Å²) in [6.07, 6.45) is 1.65. The lowest BCUT2D eigenvalue weighted by Gasteiger charge is -2.22. The van der Waals surface area contributed by atoms with Crippen LogP contribution in [0.2, 0.25) is 0 Å². The number of hydrogen-bond donors (Lipinski definition) is 1. The zero-order valence-electron chi connectivity index (χ0n) is 14.1. The van der Waals surface area contributed by atoms with Crippen molar-refractivity contribution in [3.63, 3.8) is 0 Å². The Hall–Kier alpha value is -2.62. The minimum atomic E-state index is -0.277. The number of fused-ring (bicyclic) bond motifs is 1. The zero-order chi connectivity index (χ0) is 17.1. The Balaban J connectivity index is 1.65. The van der Waals surface area contributed by atoms with Gasteiger partial charge in [0.25, 0.3) is 0 Å². The maximum absolute atomic E-state index is 12.6. The van der Waals surface area contributed by atoms with Gasteiger partial charge in [0.2, 0.25) is 11.8 Å². The molecule has 1 atom stereocenters. The molecule has 1 N–H and O–H groups in total. The SMILES string of the molecule is CCc1ccc(NC(=O)CC(=O)N2c3ccccc3CC2C)cc1. The molecule has 0 aromatic heterocycles. The van der Waals surface area contributed by atoms with E-state index in [-0.39, 0.29) is 24.3 Å². The zero-order valence-corrected chi connectivity index (χ0v) is 14.1. The van der Waals surface area contributed by atoms with Crippen molar-refractivity contribution in [2.45, 2.75) is 39.2 Å². The van der Waals surface area contributed by atoms with Gasteiger partial charge in [-0.15, -0.1) is 0 Å². The summed E-state index contributed by atoms with van der Waals surface area (Å²) in [5.41, 5.74) is 4.02. The summed E-state index contributed by atoms with van der Waals surface area (Å²) in [4.78, 5) is 26.5. The molecule has 2 aromatic carbocycles. The normalized spacial score (nSPS) is 15.9. The lowest BCUT2D eigenvalue weighted by molar-refractivity contribution is -0.125. The molecule has 0 spiro atoms. The van der Waals surface area contributed by atoms with Crippen molar-refractivity contribution in [3.05, 3.63) is 59.7 Å². The van der Waals surface area contributed by atoms with E-state index in [9.17, 15) is 9.59 Å². The number of para-hydroxylation sites is 1. The predicted octanol–water partition coefficient (Wildman–Crippen LogP) is 3.56. The summed E-state index contributed by atoms with van der Waals surface area (Å²) in [7, 11) is 0. The maximum Gasteiger partial charge on any atom is 0.236 e. The molecule has 0 bridgehead atoms. The van der Waals surface area contributed by atoms with E-state index in [0.29, 0.717) is 0 Å². The number of amides is 2. The van der Waals surface area contributed by atoms with E-state index in [1.165, 1.54) is 5.56 Å². The number of benzene rings is 2. The third-order valence-electron chi connectivity index (χ3n) is 4.43. The van der Waals surface area contributed by atoms with Gasteiger partial charge < -0.3 is 10.2 Å². The Bertz CT molecular complexity index is 752. The average molecular weight is 322 g/mol. The van der Waals surface area contributed by atoms with E-state index in [1.54, 1.807) is 4.90 Å². The highest BCUT2D eigenvalue weighted by Gasteiger charge is 2.31. The molecular weight excluding hydrogens is 300 g/mol. The number of anilines is 2. The highest BCUT2D eigenvalue weighted by Crippen LogP contribution is 2.32. The fraction of sp³-hybridized carbons (Fsp3) is 0.300. The van der Waals surface area contributed by atoms with Crippen LogP contribution in [0, 0.1) is 0 Å². The number of carbonyl (C=O) groups excluding carboxylic acids is 2. The topological polar surface area (TPSA) is 49.4 Å². The van der Waals surface area contributed by atoms with Crippen LogP contribution in [0.3, 0.4) is 0 Å². The lowest BCUT2D eigenvalue weighted by atomic mass is 10.1. The van der Waals surface area contributed by atoms with Crippen LogP contribution < -0.4 is 10.2 Å². The van der Waals surface area contributed by atoms with Gasteiger partial charge in [-0.3, -0.25) is 9.59 Å². The second-order valence-corrected chi connectivity index (χ2v) is 6.22. The second-order valence-electron chi connectivity index (χ2n) is 6.22. The Kier molecular flexibility index (Phi) is 4.65. The Morgan fingerprint density at radius 3 is 2.54 bits per heavy atom. The van der Waals surface area contributed by atoms with Crippen molar-refractivity contribution >= 4 is 23.2 Å². The molecule has 0 saturated heterocycles. The van der Waals surface area contributed by atoms with Crippen molar-refractivity contribution in [1.82, 2.24) is 0 Å². The molecule has 1 heterocycles. The largest absolute Gasteiger partial charge is 0.326 e. The van der Waals surface area contributed by atoms with E-state index in [2.05, 4.69) is 12.2 Å². The van der Waals surface area contributed by atoms with Gasteiger partial charge in [-0.2, -0.15) is 0 Å². The van der Waals surface area contributed by atoms with Crippen LogP contribution in [0.15, 0.2) is 48.5 Å². The first-order chi connectivity index (χ1) is 11.6. The molecule has 0 saturated carbocycles. The standard InChI is InChI=1S/C20H22N2O2/c1-3-15-8-10-17(11-9-15)21-19(23)13-20(24)22-14(2)12-16-6-4-5-7-18(16)22/h4-11,14H,3,12-13H2,1-2H3,(H,21,23). The Morgan fingerprint density at radius 2 is 1.83 bits per heavy atom. The van der Waals surface area contributed by atoms with Crippen molar-refractivity contribution in [2.75, 3.05) is 10.2 Å². The smallest absolute Gasteiger partial charge is 0.236 e. The number of nitrogens with one attached hydrogen (secondary N) is 1. The molecule has 2 amide bonds. The predicted molar refractivity (Wildman–Crippen MR) is 96.2 cm³/mol. The van der Waals surface area contributed by atoms with Crippen molar-refractivity contribution in [3.8, 4) is 0 Å². The molecule has 3 rings (SSSR count). The highest BCUT2D eigenvalue weighted by molar-refractivity contribution is 6.10. The molecule has 1 unspecified atom stereocenters. The van der Waals surface area contributed by atoms with Crippen molar-refractivity contribution in [2.24, 2.45) is 0 Å². The van der Waals surface area contributed by atoms with Crippen LogP contribution in [0.25, 0.3) is 0 Å². The molecule has 1 aliphatic heterocycles. The third kappa shape index (κ3) is 3.32.